The molecule has 1 amide bonds. The van der Waals surface area contributed by atoms with E-state index in [2.05, 4.69) is 0 Å². The van der Waals surface area contributed by atoms with Crippen LogP contribution in [0.1, 0.15) is 18.1 Å². The molecule has 24 heavy (non-hydrogen) atoms. The third kappa shape index (κ3) is 3.23. The van der Waals surface area contributed by atoms with Crippen molar-refractivity contribution < 1.29 is 9.21 Å². The second-order valence-electron chi connectivity index (χ2n) is 5.74. The number of para-hydroxylation sites is 1. The molecule has 2 aromatic carbocycles. The number of fused-ring (bicyclic) bond motifs is 1. The Hall–Kier alpha value is -2.88. The molecule has 0 saturated carbocycles. The number of hydrogen-bond donors (Lipinski definition) is 0. The number of likely N-dealkylation sites (N-methyl/N-ethyl adjacent to an activating group) is 1. The third-order valence-corrected chi connectivity index (χ3v) is 4.01. The van der Waals surface area contributed by atoms with Crippen LogP contribution in [0.3, 0.4) is 0 Å². The molecular weight excluding hydrogens is 302 g/mol. The van der Waals surface area contributed by atoms with Gasteiger partial charge in [-0.3, -0.25) is 4.79 Å². The highest BCUT2D eigenvalue weighted by Gasteiger charge is 2.16. The number of rotatable bonds is 4. The van der Waals surface area contributed by atoms with Crippen LogP contribution in [0.5, 0.6) is 0 Å². The molecule has 0 N–H and O–H groups in total. The van der Waals surface area contributed by atoms with Crippen LogP contribution < -0.4 is 10.5 Å². The number of anilines is 1. The van der Waals surface area contributed by atoms with Crippen LogP contribution in [-0.4, -0.2) is 12.5 Å². The van der Waals surface area contributed by atoms with Crippen LogP contribution >= 0.6 is 0 Å². The van der Waals surface area contributed by atoms with E-state index in [4.69, 9.17) is 4.42 Å². The SMILES string of the molecule is CCN(C(=O)Cc1cc(=O)oc2cc(C)ccc12)c1ccccc1. The fourth-order valence-corrected chi connectivity index (χ4v) is 2.85. The molecule has 0 saturated heterocycles. The molecule has 0 spiro atoms. The zero-order chi connectivity index (χ0) is 17.1. The first-order valence-electron chi connectivity index (χ1n) is 7.97. The van der Waals surface area contributed by atoms with Crippen LogP contribution in [0.2, 0.25) is 0 Å². The Balaban J connectivity index is 1.97. The van der Waals surface area contributed by atoms with Crippen molar-refractivity contribution in [2.45, 2.75) is 20.3 Å². The first-order valence-corrected chi connectivity index (χ1v) is 7.97. The third-order valence-electron chi connectivity index (χ3n) is 4.01. The van der Waals surface area contributed by atoms with Crippen molar-refractivity contribution in [3.05, 3.63) is 76.1 Å². The Kier molecular flexibility index (Phi) is 4.47. The maximum absolute atomic E-state index is 12.8. The lowest BCUT2D eigenvalue weighted by Crippen LogP contribution is -2.32. The number of aryl methyl sites for hydroxylation is 1. The van der Waals surface area contributed by atoms with E-state index in [1.165, 1.54) is 6.07 Å². The van der Waals surface area contributed by atoms with Crippen LogP contribution in [-0.2, 0) is 11.2 Å². The monoisotopic (exact) mass is 321 g/mol. The molecular formula is C20H19NO3. The smallest absolute Gasteiger partial charge is 0.336 e. The van der Waals surface area contributed by atoms with Gasteiger partial charge in [0, 0.05) is 23.7 Å². The average Bonchev–Trinajstić information content (AvgIpc) is 2.56. The minimum absolute atomic E-state index is 0.0452. The number of benzene rings is 2. The Morgan fingerprint density at radius 1 is 1.08 bits per heavy atom. The van der Waals surface area contributed by atoms with Gasteiger partial charge in [-0.25, -0.2) is 4.79 Å². The predicted molar refractivity (Wildman–Crippen MR) is 95.4 cm³/mol. The van der Waals surface area contributed by atoms with Crippen molar-refractivity contribution in [3.8, 4) is 0 Å². The van der Waals surface area contributed by atoms with Gasteiger partial charge < -0.3 is 9.32 Å². The summed E-state index contributed by atoms with van der Waals surface area (Å²) in [7, 11) is 0. The quantitative estimate of drug-likeness (QED) is 0.689. The van der Waals surface area contributed by atoms with Gasteiger partial charge in [0.1, 0.15) is 5.58 Å². The van der Waals surface area contributed by atoms with Crippen LogP contribution in [0.4, 0.5) is 5.69 Å². The van der Waals surface area contributed by atoms with Gasteiger partial charge in [-0.05, 0) is 43.2 Å². The minimum atomic E-state index is -0.432. The van der Waals surface area contributed by atoms with Gasteiger partial charge in [0.05, 0.1) is 6.42 Å². The van der Waals surface area contributed by atoms with Crippen molar-refractivity contribution in [2.24, 2.45) is 0 Å². The summed E-state index contributed by atoms with van der Waals surface area (Å²) in [4.78, 5) is 26.3. The van der Waals surface area contributed by atoms with E-state index in [0.29, 0.717) is 17.7 Å². The summed E-state index contributed by atoms with van der Waals surface area (Å²) < 4.78 is 5.26. The largest absolute Gasteiger partial charge is 0.423 e. The summed E-state index contributed by atoms with van der Waals surface area (Å²) in [6, 6.07) is 16.6. The van der Waals surface area contributed by atoms with E-state index >= 15 is 0 Å². The number of hydrogen-bond acceptors (Lipinski definition) is 3. The average molecular weight is 321 g/mol. The topological polar surface area (TPSA) is 50.5 Å². The molecule has 0 unspecified atom stereocenters. The van der Waals surface area contributed by atoms with Gasteiger partial charge in [-0.2, -0.15) is 0 Å². The summed E-state index contributed by atoms with van der Waals surface area (Å²) in [6.07, 6.45) is 0.161. The molecule has 3 aromatic rings. The molecule has 1 heterocycles. The van der Waals surface area contributed by atoms with Gasteiger partial charge in [-0.1, -0.05) is 30.3 Å². The highest BCUT2D eigenvalue weighted by molar-refractivity contribution is 5.97. The number of amides is 1. The van der Waals surface area contributed by atoms with Gasteiger partial charge in [-0.15, -0.1) is 0 Å². The molecule has 0 radical (unpaired) electrons. The zero-order valence-corrected chi connectivity index (χ0v) is 13.8. The molecule has 0 fully saturated rings. The van der Waals surface area contributed by atoms with Crippen molar-refractivity contribution in [2.75, 3.05) is 11.4 Å². The maximum Gasteiger partial charge on any atom is 0.336 e. The number of carbonyl (C=O) groups is 1. The fourth-order valence-electron chi connectivity index (χ4n) is 2.85. The van der Waals surface area contributed by atoms with Crippen molar-refractivity contribution in [1.82, 2.24) is 0 Å². The number of carbonyl (C=O) groups excluding carboxylic acids is 1. The van der Waals surface area contributed by atoms with E-state index < -0.39 is 5.63 Å². The van der Waals surface area contributed by atoms with E-state index in [0.717, 1.165) is 16.6 Å². The molecule has 0 aliphatic carbocycles. The Bertz CT molecular complexity index is 929. The molecule has 0 bridgehead atoms. The van der Waals surface area contributed by atoms with E-state index in [-0.39, 0.29) is 12.3 Å². The molecule has 3 rings (SSSR count). The maximum atomic E-state index is 12.8. The molecule has 4 heteroatoms. The lowest BCUT2D eigenvalue weighted by Gasteiger charge is -2.21. The summed E-state index contributed by atoms with van der Waals surface area (Å²) in [5, 5.41) is 0.803. The van der Waals surface area contributed by atoms with Crippen LogP contribution in [0.15, 0.2) is 63.8 Å². The lowest BCUT2D eigenvalue weighted by molar-refractivity contribution is -0.117. The molecule has 0 aliphatic heterocycles. The summed E-state index contributed by atoms with van der Waals surface area (Å²) in [5.74, 6) is -0.0452. The molecule has 122 valence electrons. The molecule has 0 atom stereocenters. The highest BCUT2D eigenvalue weighted by Crippen LogP contribution is 2.21. The standard InChI is InChI=1S/C20H19NO3/c1-3-21(16-7-5-4-6-8-16)19(22)12-15-13-20(23)24-18-11-14(2)9-10-17(15)18/h4-11,13H,3,12H2,1-2H3. The first kappa shape index (κ1) is 16.0. The van der Waals surface area contributed by atoms with Gasteiger partial charge in [0.2, 0.25) is 5.91 Å². The summed E-state index contributed by atoms with van der Waals surface area (Å²) in [6.45, 7) is 4.44. The van der Waals surface area contributed by atoms with Gasteiger partial charge >= 0.3 is 5.63 Å². The lowest BCUT2D eigenvalue weighted by atomic mass is 10.0. The Morgan fingerprint density at radius 2 is 1.83 bits per heavy atom. The molecule has 4 nitrogen and oxygen atoms in total. The van der Waals surface area contributed by atoms with Gasteiger partial charge in [0.15, 0.2) is 0 Å². The van der Waals surface area contributed by atoms with Crippen LogP contribution in [0, 0.1) is 6.92 Å². The summed E-state index contributed by atoms with van der Waals surface area (Å²) >= 11 is 0. The Labute approximate surface area is 140 Å². The van der Waals surface area contributed by atoms with E-state index in [1.54, 1.807) is 4.90 Å². The number of nitrogens with zero attached hydrogens (tertiary/aromatic N) is 1. The summed E-state index contributed by atoms with van der Waals surface area (Å²) in [5.41, 5.74) is 2.65. The van der Waals surface area contributed by atoms with Crippen molar-refractivity contribution >= 4 is 22.6 Å². The fraction of sp³-hybridized carbons (Fsp3) is 0.200. The second kappa shape index (κ2) is 6.71. The first-order chi connectivity index (χ1) is 11.6. The minimum Gasteiger partial charge on any atom is -0.423 e. The van der Waals surface area contributed by atoms with Gasteiger partial charge in [0.25, 0.3) is 0 Å². The highest BCUT2D eigenvalue weighted by atomic mass is 16.4. The molecule has 1 aromatic heterocycles. The predicted octanol–water partition coefficient (Wildman–Crippen LogP) is 3.70. The zero-order valence-electron chi connectivity index (χ0n) is 13.8. The molecule has 0 aliphatic rings. The second-order valence-corrected chi connectivity index (χ2v) is 5.74. The normalized spacial score (nSPS) is 10.8. The van der Waals surface area contributed by atoms with Crippen LogP contribution in [0.25, 0.3) is 11.0 Å². The Morgan fingerprint density at radius 3 is 2.54 bits per heavy atom. The van der Waals surface area contributed by atoms with E-state index in [9.17, 15) is 9.59 Å². The van der Waals surface area contributed by atoms with E-state index in [1.807, 2.05) is 62.4 Å². The van der Waals surface area contributed by atoms with Crippen molar-refractivity contribution in [3.63, 3.8) is 0 Å². The van der Waals surface area contributed by atoms with Crippen molar-refractivity contribution in [1.29, 1.82) is 0 Å².